The molecule has 0 aliphatic carbocycles. The zero-order chi connectivity index (χ0) is 13.8. The Labute approximate surface area is 115 Å². The second kappa shape index (κ2) is 5.67. The van der Waals surface area contributed by atoms with Gasteiger partial charge in [-0.3, -0.25) is 4.79 Å². The normalized spacial score (nSPS) is 11.9. The van der Waals surface area contributed by atoms with Gasteiger partial charge in [0.15, 0.2) is 0 Å². The highest BCUT2D eigenvalue weighted by Crippen LogP contribution is 2.28. The highest BCUT2D eigenvalue weighted by atomic mass is 35.5. The Morgan fingerprint density at radius 1 is 1.37 bits per heavy atom. The summed E-state index contributed by atoms with van der Waals surface area (Å²) in [4.78, 5) is 19.0. The molecule has 0 fully saturated rings. The maximum Gasteiger partial charge on any atom is 0.310 e. The maximum absolute atomic E-state index is 10.9. The van der Waals surface area contributed by atoms with Crippen LogP contribution < -0.4 is 5.32 Å². The number of carboxylic acid groups (broad SMARTS) is 1. The Bertz CT molecular complexity index is 590. The molecule has 1 atom stereocenters. The zero-order valence-electron chi connectivity index (χ0n) is 10.2. The van der Waals surface area contributed by atoms with Gasteiger partial charge in [-0.2, -0.15) is 0 Å². The van der Waals surface area contributed by atoms with Crippen LogP contribution in [0.2, 0.25) is 5.02 Å². The minimum absolute atomic E-state index is 0.429. The summed E-state index contributed by atoms with van der Waals surface area (Å²) in [5, 5.41) is 12.3. The Balaban J connectivity index is 2.23. The molecule has 1 heterocycles. The fraction of sp³-hybridized carbons (Fsp3) is 0.154. The number of benzene rings is 1. The Kier molecular flexibility index (Phi) is 3.97. The molecule has 6 heteroatoms. The number of hydrogen-bond donors (Lipinski definition) is 2. The summed E-state index contributed by atoms with van der Waals surface area (Å²) in [6.07, 6.45) is 3.23. The molecule has 0 radical (unpaired) electrons. The minimum atomic E-state index is -0.886. The second-order valence-electron chi connectivity index (χ2n) is 4.00. The van der Waals surface area contributed by atoms with Crippen molar-refractivity contribution in [3.8, 4) is 0 Å². The SMILES string of the molecule is CC(C(=O)O)c1ccc(Nc2ncccn2)c(Cl)c1. The van der Waals surface area contributed by atoms with Crippen molar-refractivity contribution in [1.82, 2.24) is 9.97 Å². The lowest BCUT2D eigenvalue weighted by Crippen LogP contribution is -2.07. The van der Waals surface area contributed by atoms with E-state index in [0.29, 0.717) is 22.2 Å². The molecule has 0 amide bonds. The van der Waals surface area contributed by atoms with Crippen molar-refractivity contribution in [1.29, 1.82) is 0 Å². The maximum atomic E-state index is 10.9. The summed E-state index contributed by atoms with van der Waals surface area (Å²) in [6, 6.07) is 6.78. The number of halogens is 1. The third-order valence-electron chi connectivity index (χ3n) is 2.68. The van der Waals surface area contributed by atoms with E-state index in [1.807, 2.05) is 0 Å². The van der Waals surface area contributed by atoms with Crippen molar-refractivity contribution >= 4 is 29.2 Å². The standard InChI is InChI=1S/C13H12ClN3O2/c1-8(12(18)19)9-3-4-11(10(14)7-9)17-13-15-5-2-6-16-13/h2-8H,1H3,(H,18,19)(H,15,16,17). The number of rotatable bonds is 4. The zero-order valence-corrected chi connectivity index (χ0v) is 10.9. The van der Waals surface area contributed by atoms with Crippen LogP contribution in [0, 0.1) is 0 Å². The van der Waals surface area contributed by atoms with Crippen molar-refractivity contribution in [2.45, 2.75) is 12.8 Å². The van der Waals surface area contributed by atoms with E-state index in [2.05, 4.69) is 15.3 Å². The number of anilines is 2. The quantitative estimate of drug-likeness (QED) is 0.898. The van der Waals surface area contributed by atoms with Crippen molar-refractivity contribution in [3.05, 3.63) is 47.2 Å². The molecule has 0 saturated carbocycles. The monoisotopic (exact) mass is 277 g/mol. The fourth-order valence-corrected chi connectivity index (χ4v) is 1.76. The third-order valence-corrected chi connectivity index (χ3v) is 2.99. The molecule has 1 aromatic carbocycles. The van der Waals surface area contributed by atoms with E-state index < -0.39 is 11.9 Å². The lowest BCUT2D eigenvalue weighted by atomic mass is 10.0. The van der Waals surface area contributed by atoms with Crippen LogP contribution in [0.1, 0.15) is 18.4 Å². The van der Waals surface area contributed by atoms with E-state index in [4.69, 9.17) is 16.7 Å². The van der Waals surface area contributed by atoms with Gasteiger partial charge < -0.3 is 10.4 Å². The first kappa shape index (κ1) is 13.3. The molecule has 0 aliphatic rings. The molecule has 2 N–H and O–H groups in total. The van der Waals surface area contributed by atoms with Gasteiger partial charge in [0.1, 0.15) is 0 Å². The number of aromatic nitrogens is 2. The van der Waals surface area contributed by atoms with E-state index in [1.165, 1.54) is 0 Å². The van der Waals surface area contributed by atoms with Gasteiger partial charge in [-0.1, -0.05) is 17.7 Å². The van der Waals surface area contributed by atoms with Crippen LogP contribution in [0.5, 0.6) is 0 Å². The molecule has 98 valence electrons. The average Bonchev–Trinajstić information content (AvgIpc) is 2.41. The largest absolute Gasteiger partial charge is 0.481 e. The number of nitrogens with one attached hydrogen (secondary N) is 1. The lowest BCUT2D eigenvalue weighted by Gasteiger charge is -2.11. The van der Waals surface area contributed by atoms with Crippen LogP contribution in [0.3, 0.4) is 0 Å². The van der Waals surface area contributed by atoms with Crippen LogP contribution in [0.25, 0.3) is 0 Å². The van der Waals surface area contributed by atoms with Gasteiger partial charge in [0, 0.05) is 12.4 Å². The molecular weight excluding hydrogens is 266 g/mol. The van der Waals surface area contributed by atoms with Gasteiger partial charge in [0.2, 0.25) is 5.95 Å². The fourth-order valence-electron chi connectivity index (χ4n) is 1.53. The van der Waals surface area contributed by atoms with Crippen LogP contribution >= 0.6 is 11.6 Å². The lowest BCUT2D eigenvalue weighted by molar-refractivity contribution is -0.138. The Hall–Kier alpha value is -2.14. The van der Waals surface area contributed by atoms with Gasteiger partial charge in [-0.25, -0.2) is 9.97 Å². The first-order valence-corrected chi connectivity index (χ1v) is 6.02. The average molecular weight is 278 g/mol. The smallest absolute Gasteiger partial charge is 0.310 e. The number of nitrogens with zero attached hydrogens (tertiary/aromatic N) is 2. The van der Waals surface area contributed by atoms with Crippen LogP contribution in [-0.4, -0.2) is 21.0 Å². The summed E-state index contributed by atoms with van der Waals surface area (Å²) in [7, 11) is 0. The van der Waals surface area contributed by atoms with Crippen LogP contribution in [0.4, 0.5) is 11.6 Å². The summed E-state index contributed by atoms with van der Waals surface area (Å²) in [5.74, 6) is -1.05. The van der Waals surface area contributed by atoms with Crippen molar-refractivity contribution < 1.29 is 9.90 Å². The first-order chi connectivity index (χ1) is 9.08. The number of carbonyl (C=O) groups is 1. The van der Waals surface area contributed by atoms with E-state index in [9.17, 15) is 4.79 Å². The van der Waals surface area contributed by atoms with E-state index in [0.717, 1.165) is 0 Å². The molecular formula is C13H12ClN3O2. The molecule has 5 nitrogen and oxygen atoms in total. The molecule has 0 aliphatic heterocycles. The van der Waals surface area contributed by atoms with Crippen molar-refractivity contribution in [2.24, 2.45) is 0 Å². The summed E-state index contributed by atoms with van der Waals surface area (Å²) < 4.78 is 0. The van der Waals surface area contributed by atoms with Crippen molar-refractivity contribution in [3.63, 3.8) is 0 Å². The van der Waals surface area contributed by atoms with E-state index >= 15 is 0 Å². The van der Waals surface area contributed by atoms with Gasteiger partial charge >= 0.3 is 5.97 Å². The molecule has 0 saturated heterocycles. The number of hydrogen-bond acceptors (Lipinski definition) is 4. The molecule has 0 bridgehead atoms. The first-order valence-electron chi connectivity index (χ1n) is 5.64. The van der Waals surface area contributed by atoms with Gasteiger partial charge in [0.25, 0.3) is 0 Å². The predicted molar refractivity (Wildman–Crippen MR) is 72.8 cm³/mol. The van der Waals surface area contributed by atoms with Gasteiger partial charge in [0.05, 0.1) is 16.6 Å². The highest BCUT2D eigenvalue weighted by Gasteiger charge is 2.15. The second-order valence-corrected chi connectivity index (χ2v) is 4.40. The summed E-state index contributed by atoms with van der Waals surface area (Å²) in [6.45, 7) is 1.61. The van der Waals surface area contributed by atoms with Crippen LogP contribution in [-0.2, 0) is 4.79 Å². The molecule has 2 aromatic rings. The summed E-state index contributed by atoms with van der Waals surface area (Å²) in [5.41, 5.74) is 1.28. The Morgan fingerprint density at radius 3 is 2.63 bits per heavy atom. The highest BCUT2D eigenvalue weighted by molar-refractivity contribution is 6.33. The number of carboxylic acids is 1. The Morgan fingerprint density at radius 2 is 2.05 bits per heavy atom. The molecule has 2 rings (SSSR count). The molecule has 1 unspecified atom stereocenters. The van der Waals surface area contributed by atoms with Crippen molar-refractivity contribution in [2.75, 3.05) is 5.32 Å². The third kappa shape index (κ3) is 3.20. The van der Waals surface area contributed by atoms with E-state index in [-0.39, 0.29) is 0 Å². The predicted octanol–water partition coefficient (Wildman–Crippen LogP) is 3.06. The number of aliphatic carboxylic acids is 1. The molecule has 19 heavy (non-hydrogen) atoms. The topological polar surface area (TPSA) is 75.1 Å². The van der Waals surface area contributed by atoms with E-state index in [1.54, 1.807) is 43.6 Å². The van der Waals surface area contributed by atoms with Gasteiger partial charge in [-0.05, 0) is 30.7 Å². The van der Waals surface area contributed by atoms with Crippen LogP contribution in [0.15, 0.2) is 36.7 Å². The van der Waals surface area contributed by atoms with Gasteiger partial charge in [-0.15, -0.1) is 0 Å². The molecule has 0 spiro atoms. The summed E-state index contributed by atoms with van der Waals surface area (Å²) >= 11 is 6.12. The minimum Gasteiger partial charge on any atom is -0.481 e. The molecule has 1 aromatic heterocycles.